The summed E-state index contributed by atoms with van der Waals surface area (Å²) >= 11 is 6.03. The van der Waals surface area contributed by atoms with E-state index in [1.165, 1.54) is 0 Å². The second-order valence-electron chi connectivity index (χ2n) is 8.36. The van der Waals surface area contributed by atoms with Crippen LogP contribution in [-0.2, 0) is 0 Å². The minimum absolute atomic E-state index is 0.0169. The third-order valence-electron chi connectivity index (χ3n) is 5.65. The first-order valence-electron chi connectivity index (χ1n) is 10.5. The Bertz CT molecular complexity index is 995. The van der Waals surface area contributed by atoms with E-state index >= 15 is 0 Å². The van der Waals surface area contributed by atoms with Crippen molar-refractivity contribution in [1.29, 1.82) is 0 Å². The van der Waals surface area contributed by atoms with Gasteiger partial charge in [0.15, 0.2) is 5.65 Å². The van der Waals surface area contributed by atoms with Crippen LogP contribution < -0.4 is 10.1 Å². The topological polar surface area (TPSA) is 67.6 Å². The lowest BCUT2D eigenvalue weighted by atomic mass is 10.1. The van der Waals surface area contributed by atoms with Gasteiger partial charge in [-0.05, 0) is 50.4 Å². The number of halogens is 1. The Kier molecular flexibility index (Phi) is 6.11. The number of nitrogens with zero attached hydrogens (tertiary/aromatic N) is 5. The molecule has 1 aromatic carbocycles. The lowest BCUT2D eigenvalue weighted by Crippen LogP contribution is -2.36. The van der Waals surface area contributed by atoms with Crippen LogP contribution in [0.1, 0.15) is 56.7 Å². The number of anilines is 1. The van der Waals surface area contributed by atoms with Crippen molar-refractivity contribution in [2.45, 2.75) is 51.7 Å². The number of fused-ring (bicyclic) bond motifs is 1. The molecular weight excluding hydrogens is 400 g/mol. The summed E-state index contributed by atoms with van der Waals surface area (Å²) in [5.74, 6) is 0.924. The maximum atomic E-state index is 6.21. The summed E-state index contributed by atoms with van der Waals surface area (Å²) < 4.78 is 7.98. The molecule has 0 saturated carbocycles. The van der Waals surface area contributed by atoms with E-state index in [4.69, 9.17) is 21.3 Å². The van der Waals surface area contributed by atoms with Crippen molar-refractivity contribution in [3.63, 3.8) is 0 Å². The maximum Gasteiger partial charge on any atom is 0.322 e. The van der Waals surface area contributed by atoms with Gasteiger partial charge in [-0.2, -0.15) is 19.6 Å². The summed E-state index contributed by atoms with van der Waals surface area (Å²) in [7, 11) is 2.14. The van der Waals surface area contributed by atoms with Crippen molar-refractivity contribution in [3.8, 4) is 6.01 Å². The fourth-order valence-electron chi connectivity index (χ4n) is 3.71. The van der Waals surface area contributed by atoms with Gasteiger partial charge in [-0.15, -0.1) is 0 Å². The second kappa shape index (κ2) is 8.78. The van der Waals surface area contributed by atoms with E-state index in [0.717, 1.165) is 47.7 Å². The van der Waals surface area contributed by atoms with Crippen molar-refractivity contribution in [3.05, 3.63) is 46.6 Å². The van der Waals surface area contributed by atoms with Gasteiger partial charge in [-0.25, -0.2) is 0 Å². The van der Waals surface area contributed by atoms with Crippen LogP contribution in [0.3, 0.4) is 0 Å². The molecule has 1 atom stereocenters. The number of benzene rings is 1. The molecule has 0 amide bonds. The largest absolute Gasteiger partial charge is 0.460 e. The molecule has 7 nitrogen and oxygen atoms in total. The van der Waals surface area contributed by atoms with Crippen molar-refractivity contribution in [1.82, 2.24) is 24.5 Å². The summed E-state index contributed by atoms with van der Waals surface area (Å²) in [6, 6.07) is 8.23. The zero-order chi connectivity index (χ0) is 21.3. The van der Waals surface area contributed by atoms with Gasteiger partial charge in [-0.3, -0.25) is 0 Å². The van der Waals surface area contributed by atoms with E-state index in [2.05, 4.69) is 48.1 Å². The molecule has 0 spiro atoms. The predicted octanol–water partition coefficient (Wildman–Crippen LogP) is 4.55. The van der Waals surface area contributed by atoms with Crippen LogP contribution in [0.25, 0.3) is 5.65 Å². The van der Waals surface area contributed by atoms with Crippen LogP contribution in [0, 0.1) is 0 Å². The van der Waals surface area contributed by atoms with E-state index in [1.807, 2.05) is 30.5 Å². The molecule has 1 N–H and O–H groups in total. The van der Waals surface area contributed by atoms with Gasteiger partial charge in [0.1, 0.15) is 6.10 Å². The molecule has 1 aliphatic heterocycles. The molecule has 1 aliphatic rings. The molecule has 8 heteroatoms. The standard InChI is InChI=1S/C22H29ClN6O/c1-14(2)19-13-24-29-20(19)26-22(30-18-9-11-28(4)12-10-18)27-21(29)25-15(3)16-5-7-17(23)8-6-16/h5-8,13-15,18H,9-12H2,1-4H3,(H,25,26,27)/t15-/m0/s1. The predicted molar refractivity (Wildman–Crippen MR) is 120 cm³/mol. The molecule has 0 bridgehead atoms. The van der Waals surface area contributed by atoms with Gasteiger partial charge >= 0.3 is 6.01 Å². The molecule has 30 heavy (non-hydrogen) atoms. The molecule has 1 saturated heterocycles. The van der Waals surface area contributed by atoms with Gasteiger partial charge in [-0.1, -0.05) is 37.6 Å². The van der Waals surface area contributed by atoms with Crippen LogP contribution in [-0.4, -0.2) is 50.7 Å². The first-order chi connectivity index (χ1) is 14.4. The SMILES string of the molecule is CC(C)c1cnn2c(N[C@@H](C)c3ccc(Cl)cc3)nc(OC3CCN(C)CC3)nc12. The number of ether oxygens (including phenoxy) is 1. The van der Waals surface area contributed by atoms with Crippen LogP contribution in [0.15, 0.2) is 30.5 Å². The molecule has 160 valence electrons. The number of likely N-dealkylation sites (tertiary alicyclic amines) is 1. The Morgan fingerprint density at radius 1 is 1.10 bits per heavy atom. The normalized spacial score (nSPS) is 16.9. The molecule has 3 aromatic rings. The highest BCUT2D eigenvalue weighted by Crippen LogP contribution is 2.26. The number of nitrogens with one attached hydrogen (secondary N) is 1. The molecule has 1 fully saturated rings. The Morgan fingerprint density at radius 3 is 2.47 bits per heavy atom. The van der Waals surface area contributed by atoms with Crippen molar-refractivity contribution < 1.29 is 4.74 Å². The summed E-state index contributed by atoms with van der Waals surface area (Å²) in [6.07, 6.45) is 3.96. The highest BCUT2D eigenvalue weighted by molar-refractivity contribution is 6.30. The maximum absolute atomic E-state index is 6.21. The number of piperidine rings is 1. The fraction of sp³-hybridized carbons (Fsp3) is 0.500. The fourth-order valence-corrected chi connectivity index (χ4v) is 3.83. The third-order valence-corrected chi connectivity index (χ3v) is 5.90. The van der Waals surface area contributed by atoms with Gasteiger partial charge in [0, 0.05) is 23.7 Å². The van der Waals surface area contributed by atoms with Gasteiger partial charge in [0.05, 0.1) is 12.2 Å². The number of hydrogen-bond acceptors (Lipinski definition) is 6. The minimum Gasteiger partial charge on any atom is -0.460 e. The van der Waals surface area contributed by atoms with E-state index in [-0.39, 0.29) is 12.1 Å². The highest BCUT2D eigenvalue weighted by atomic mass is 35.5. The van der Waals surface area contributed by atoms with Crippen molar-refractivity contribution >= 4 is 23.2 Å². The summed E-state index contributed by atoms with van der Waals surface area (Å²) in [4.78, 5) is 11.7. The second-order valence-corrected chi connectivity index (χ2v) is 8.79. The van der Waals surface area contributed by atoms with Gasteiger partial charge in [0.25, 0.3) is 0 Å². The molecular formula is C22H29ClN6O. The smallest absolute Gasteiger partial charge is 0.322 e. The summed E-state index contributed by atoms with van der Waals surface area (Å²) in [5.41, 5.74) is 2.97. The molecule has 0 radical (unpaired) electrons. The average Bonchev–Trinajstić information content (AvgIpc) is 3.15. The lowest BCUT2D eigenvalue weighted by molar-refractivity contribution is 0.105. The highest BCUT2D eigenvalue weighted by Gasteiger charge is 2.22. The Balaban J connectivity index is 1.65. The van der Waals surface area contributed by atoms with E-state index in [0.29, 0.717) is 17.9 Å². The van der Waals surface area contributed by atoms with Crippen molar-refractivity contribution in [2.75, 3.05) is 25.5 Å². The van der Waals surface area contributed by atoms with Gasteiger partial charge < -0.3 is 15.0 Å². The van der Waals surface area contributed by atoms with Crippen LogP contribution in [0.2, 0.25) is 5.02 Å². The zero-order valence-electron chi connectivity index (χ0n) is 18.0. The zero-order valence-corrected chi connectivity index (χ0v) is 18.7. The quantitative estimate of drug-likeness (QED) is 0.621. The number of hydrogen-bond donors (Lipinski definition) is 1. The number of rotatable bonds is 6. The Labute approximate surface area is 182 Å². The number of aromatic nitrogens is 4. The average molecular weight is 429 g/mol. The van der Waals surface area contributed by atoms with Crippen molar-refractivity contribution in [2.24, 2.45) is 0 Å². The Hall–Kier alpha value is -2.38. The van der Waals surface area contributed by atoms with E-state index in [1.54, 1.807) is 4.52 Å². The molecule has 4 rings (SSSR count). The van der Waals surface area contributed by atoms with Gasteiger partial charge in [0.2, 0.25) is 5.95 Å². The van der Waals surface area contributed by atoms with Crippen LogP contribution in [0.4, 0.5) is 5.95 Å². The first-order valence-corrected chi connectivity index (χ1v) is 10.9. The van der Waals surface area contributed by atoms with Crippen LogP contribution in [0.5, 0.6) is 6.01 Å². The summed E-state index contributed by atoms with van der Waals surface area (Å²) in [5, 5.41) is 8.74. The van der Waals surface area contributed by atoms with E-state index < -0.39 is 0 Å². The monoisotopic (exact) mass is 428 g/mol. The molecule has 0 aliphatic carbocycles. The van der Waals surface area contributed by atoms with E-state index in [9.17, 15) is 0 Å². The first kappa shape index (κ1) is 20.9. The minimum atomic E-state index is 0.0169. The third kappa shape index (κ3) is 4.52. The summed E-state index contributed by atoms with van der Waals surface area (Å²) in [6.45, 7) is 8.41. The molecule has 0 unspecified atom stereocenters. The van der Waals surface area contributed by atoms with Crippen LogP contribution >= 0.6 is 11.6 Å². The lowest BCUT2D eigenvalue weighted by Gasteiger charge is -2.28. The molecule has 3 heterocycles. The Morgan fingerprint density at radius 2 is 1.80 bits per heavy atom. The molecule has 2 aromatic heterocycles.